The molecule has 0 aliphatic carbocycles. The van der Waals surface area contributed by atoms with Crippen molar-refractivity contribution in [3.05, 3.63) is 29.6 Å². The molecule has 1 aromatic heterocycles. The van der Waals surface area contributed by atoms with Crippen molar-refractivity contribution in [3.8, 4) is 0 Å². The number of aryl methyl sites for hydroxylation is 1. The number of pyridine rings is 1. The number of morpholine rings is 1. The Bertz CT molecular complexity index is 574. The highest BCUT2D eigenvalue weighted by Gasteiger charge is 2.40. The molecule has 1 fully saturated rings. The maximum absolute atomic E-state index is 12.8. The van der Waals surface area contributed by atoms with Crippen LogP contribution in [0.5, 0.6) is 0 Å². The van der Waals surface area contributed by atoms with Gasteiger partial charge >= 0.3 is 0 Å². The minimum atomic E-state index is -0.816. The summed E-state index contributed by atoms with van der Waals surface area (Å²) in [6.45, 7) is 3.28. The van der Waals surface area contributed by atoms with Gasteiger partial charge in [0, 0.05) is 38.7 Å². The van der Waals surface area contributed by atoms with Gasteiger partial charge in [-0.15, -0.1) is 0 Å². The van der Waals surface area contributed by atoms with Crippen LogP contribution < -0.4 is 5.32 Å². The molecular weight excluding hydrogens is 298 g/mol. The standard InChI is InChI=1S/C16H23N3O4/c1-12-9-18-5-4-13(12)15(21)19-6-7-23-16(10-19,11-22-3)8-14(20)17-2/h4-5,9H,6-8,10-11H2,1-3H3,(H,17,20). The maximum atomic E-state index is 12.8. The van der Waals surface area contributed by atoms with Crippen LogP contribution in [0, 0.1) is 6.92 Å². The minimum Gasteiger partial charge on any atom is -0.382 e. The molecule has 1 N–H and O–H groups in total. The van der Waals surface area contributed by atoms with Gasteiger partial charge in [0.1, 0.15) is 5.60 Å². The van der Waals surface area contributed by atoms with Gasteiger partial charge in [0.2, 0.25) is 5.91 Å². The summed E-state index contributed by atoms with van der Waals surface area (Å²) in [5.41, 5.74) is 0.629. The molecule has 0 radical (unpaired) electrons. The molecule has 0 saturated carbocycles. The van der Waals surface area contributed by atoms with E-state index in [0.717, 1.165) is 5.56 Å². The highest BCUT2D eigenvalue weighted by molar-refractivity contribution is 5.95. The molecule has 1 aromatic rings. The van der Waals surface area contributed by atoms with Crippen molar-refractivity contribution in [2.24, 2.45) is 0 Å². The largest absolute Gasteiger partial charge is 0.382 e. The number of amides is 2. The van der Waals surface area contributed by atoms with Gasteiger partial charge in [-0.2, -0.15) is 0 Å². The third kappa shape index (κ3) is 4.05. The van der Waals surface area contributed by atoms with E-state index in [1.807, 2.05) is 6.92 Å². The molecule has 126 valence electrons. The molecule has 2 rings (SSSR count). The van der Waals surface area contributed by atoms with Crippen molar-refractivity contribution < 1.29 is 19.1 Å². The summed E-state index contributed by atoms with van der Waals surface area (Å²) < 4.78 is 11.1. The minimum absolute atomic E-state index is 0.0782. The number of hydrogen-bond acceptors (Lipinski definition) is 5. The second-order valence-electron chi connectivity index (χ2n) is 5.73. The zero-order valence-corrected chi connectivity index (χ0v) is 13.8. The first kappa shape index (κ1) is 17.4. The SMILES string of the molecule is CNC(=O)CC1(COC)CN(C(=O)c2ccncc2C)CCO1. The van der Waals surface area contributed by atoms with Crippen molar-refractivity contribution in [1.82, 2.24) is 15.2 Å². The normalized spacial score (nSPS) is 21.1. The predicted molar refractivity (Wildman–Crippen MR) is 84.1 cm³/mol. The molecule has 1 unspecified atom stereocenters. The first-order chi connectivity index (χ1) is 11.0. The van der Waals surface area contributed by atoms with Gasteiger partial charge < -0.3 is 19.7 Å². The Morgan fingerprint density at radius 1 is 1.52 bits per heavy atom. The number of ether oxygens (including phenoxy) is 2. The van der Waals surface area contributed by atoms with Crippen molar-refractivity contribution in [2.45, 2.75) is 18.9 Å². The Kier molecular flexibility index (Phi) is 5.68. The van der Waals surface area contributed by atoms with Gasteiger partial charge in [-0.05, 0) is 18.6 Å². The Labute approximate surface area is 136 Å². The molecule has 0 bridgehead atoms. The summed E-state index contributed by atoms with van der Waals surface area (Å²) in [7, 11) is 3.14. The van der Waals surface area contributed by atoms with Crippen LogP contribution in [0.1, 0.15) is 22.3 Å². The van der Waals surface area contributed by atoms with E-state index in [-0.39, 0.29) is 24.8 Å². The molecule has 2 heterocycles. The third-order valence-electron chi connectivity index (χ3n) is 3.96. The van der Waals surface area contributed by atoms with Crippen molar-refractivity contribution in [1.29, 1.82) is 0 Å². The third-order valence-corrected chi connectivity index (χ3v) is 3.96. The fourth-order valence-corrected chi connectivity index (χ4v) is 2.79. The van der Waals surface area contributed by atoms with Gasteiger partial charge in [-0.3, -0.25) is 14.6 Å². The molecular formula is C16H23N3O4. The summed E-state index contributed by atoms with van der Waals surface area (Å²) in [5.74, 6) is -0.220. The molecule has 7 nitrogen and oxygen atoms in total. The summed E-state index contributed by atoms with van der Waals surface area (Å²) in [4.78, 5) is 30.3. The summed E-state index contributed by atoms with van der Waals surface area (Å²) in [5, 5.41) is 2.59. The number of carbonyl (C=O) groups excluding carboxylic acids is 2. The lowest BCUT2D eigenvalue weighted by atomic mass is 9.96. The van der Waals surface area contributed by atoms with E-state index in [1.54, 1.807) is 37.5 Å². The van der Waals surface area contributed by atoms with Gasteiger partial charge in [-0.25, -0.2) is 0 Å². The second-order valence-corrected chi connectivity index (χ2v) is 5.73. The van der Waals surface area contributed by atoms with E-state index in [2.05, 4.69) is 10.3 Å². The summed E-state index contributed by atoms with van der Waals surface area (Å²) in [6, 6.07) is 1.71. The molecule has 2 amide bonds. The van der Waals surface area contributed by atoms with Gasteiger partial charge in [0.05, 0.1) is 26.2 Å². The van der Waals surface area contributed by atoms with Crippen LogP contribution in [0.25, 0.3) is 0 Å². The molecule has 0 aromatic carbocycles. The van der Waals surface area contributed by atoms with Crippen molar-refractivity contribution in [2.75, 3.05) is 40.5 Å². The van der Waals surface area contributed by atoms with Gasteiger partial charge in [-0.1, -0.05) is 0 Å². The maximum Gasteiger partial charge on any atom is 0.254 e. The average molecular weight is 321 g/mol. The molecule has 7 heteroatoms. The van der Waals surface area contributed by atoms with Gasteiger partial charge in [0.25, 0.3) is 5.91 Å². The zero-order chi connectivity index (χ0) is 16.9. The van der Waals surface area contributed by atoms with Crippen LogP contribution in [0.4, 0.5) is 0 Å². The van der Waals surface area contributed by atoms with E-state index in [1.165, 1.54) is 0 Å². The van der Waals surface area contributed by atoms with E-state index in [0.29, 0.717) is 25.3 Å². The number of aromatic nitrogens is 1. The monoisotopic (exact) mass is 321 g/mol. The molecule has 0 spiro atoms. The van der Waals surface area contributed by atoms with Crippen LogP contribution in [0.2, 0.25) is 0 Å². The lowest BCUT2D eigenvalue weighted by Gasteiger charge is -2.42. The fourth-order valence-electron chi connectivity index (χ4n) is 2.79. The van der Waals surface area contributed by atoms with E-state index in [9.17, 15) is 9.59 Å². The van der Waals surface area contributed by atoms with Crippen LogP contribution in [-0.4, -0.2) is 67.8 Å². The van der Waals surface area contributed by atoms with Crippen LogP contribution in [-0.2, 0) is 14.3 Å². The molecule has 1 aliphatic heterocycles. The Morgan fingerprint density at radius 3 is 2.96 bits per heavy atom. The van der Waals surface area contributed by atoms with E-state index >= 15 is 0 Å². The molecule has 1 saturated heterocycles. The van der Waals surface area contributed by atoms with Crippen LogP contribution in [0.15, 0.2) is 18.5 Å². The number of nitrogens with zero attached hydrogens (tertiary/aromatic N) is 2. The quantitative estimate of drug-likeness (QED) is 0.848. The van der Waals surface area contributed by atoms with Crippen molar-refractivity contribution >= 4 is 11.8 Å². The van der Waals surface area contributed by atoms with Gasteiger partial charge in [0.15, 0.2) is 0 Å². The number of methoxy groups -OCH3 is 1. The number of nitrogens with one attached hydrogen (secondary N) is 1. The highest BCUT2D eigenvalue weighted by Crippen LogP contribution is 2.24. The van der Waals surface area contributed by atoms with E-state index < -0.39 is 5.60 Å². The summed E-state index contributed by atoms with van der Waals surface area (Å²) in [6.07, 6.45) is 3.42. The number of rotatable bonds is 5. The lowest BCUT2D eigenvalue weighted by molar-refractivity contribution is -0.150. The topological polar surface area (TPSA) is 80.8 Å². The summed E-state index contributed by atoms with van der Waals surface area (Å²) >= 11 is 0. The molecule has 1 atom stereocenters. The number of hydrogen-bond donors (Lipinski definition) is 1. The van der Waals surface area contributed by atoms with Crippen molar-refractivity contribution in [3.63, 3.8) is 0 Å². The molecule has 1 aliphatic rings. The molecule has 23 heavy (non-hydrogen) atoms. The Morgan fingerprint density at radius 2 is 2.30 bits per heavy atom. The predicted octanol–water partition coefficient (Wildman–Crippen LogP) is 0.384. The fraction of sp³-hybridized carbons (Fsp3) is 0.562. The van der Waals surface area contributed by atoms with E-state index in [4.69, 9.17) is 9.47 Å². The average Bonchev–Trinajstić information content (AvgIpc) is 2.55. The van der Waals surface area contributed by atoms with Crippen LogP contribution >= 0.6 is 0 Å². The zero-order valence-electron chi connectivity index (χ0n) is 13.8. The highest BCUT2D eigenvalue weighted by atomic mass is 16.5. The Hall–Kier alpha value is -1.99. The second kappa shape index (κ2) is 7.52. The lowest BCUT2D eigenvalue weighted by Crippen LogP contribution is -2.57. The number of carbonyl (C=O) groups is 2. The van der Waals surface area contributed by atoms with Crippen LogP contribution in [0.3, 0.4) is 0 Å². The Balaban J connectivity index is 2.19. The smallest absolute Gasteiger partial charge is 0.254 e. The first-order valence-corrected chi connectivity index (χ1v) is 7.55. The first-order valence-electron chi connectivity index (χ1n) is 7.55.